The number of hydrogen-bond acceptors (Lipinski definition) is 2. The smallest absolute Gasteiger partial charge is 0.0482 e. The van der Waals surface area contributed by atoms with Gasteiger partial charge in [0, 0.05) is 37.7 Å². The van der Waals surface area contributed by atoms with E-state index in [1.807, 2.05) is 6.92 Å². The SMILES string of the molecule is CCNC(C)c1cccn1CCCOCC. The van der Waals surface area contributed by atoms with Gasteiger partial charge < -0.3 is 14.6 Å². The van der Waals surface area contributed by atoms with Gasteiger partial charge in [-0.15, -0.1) is 0 Å². The zero-order valence-electron chi connectivity index (χ0n) is 10.7. The van der Waals surface area contributed by atoms with Crippen LogP contribution in [0.3, 0.4) is 0 Å². The van der Waals surface area contributed by atoms with Gasteiger partial charge in [-0.3, -0.25) is 0 Å². The molecule has 1 aromatic heterocycles. The lowest BCUT2D eigenvalue weighted by Gasteiger charge is -2.16. The topological polar surface area (TPSA) is 26.2 Å². The van der Waals surface area contributed by atoms with E-state index in [4.69, 9.17) is 4.74 Å². The van der Waals surface area contributed by atoms with Gasteiger partial charge in [0.05, 0.1) is 0 Å². The third-order valence-electron chi connectivity index (χ3n) is 2.71. The summed E-state index contributed by atoms with van der Waals surface area (Å²) in [5, 5.41) is 3.44. The van der Waals surface area contributed by atoms with Crippen molar-refractivity contribution in [2.75, 3.05) is 19.8 Å². The van der Waals surface area contributed by atoms with E-state index in [0.717, 1.165) is 32.7 Å². The second-order valence-electron chi connectivity index (χ2n) is 3.96. The molecule has 1 N–H and O–H groups in total. The van der Waals surface area contributed by atoms with Crippen molar-refractivity contribution in [2.24, 2.45) is 0 Å². The van der Waals surface area contributed by atoms with Crippen molar-refractivity contribution >= 4 is 0 Å². The molecule has 0 radical (unpaired) electrons. The van der Waals surface area contributed by atoms with E-state index in [2.05, 4.69) is 42.1 Å². The number of hydrogen-bond donors (Lipinski definition) is 1. The molecule has 1 heterocycles. The highest BCUT2D eigenvalue weighted by Crippen LogP contribution is 2.13. The monoisotopic (exact) mass is 224 g/mol. The van der Waals surface area contributed by atoms with Crippen LogP contribution in [-0.2, 0) is 11.3 Å². The molecule has 0 saturated heterocycles. The highest BCUT2D eigenvalue weighted by Gasteiger charge is 2.07. The van der Waals surface area contributed by atoms with Crippen LogP contribution in [0.15, 0.2) is 18.3 Å². The lowest BCUT2D eigenvalue weighted by Crippen LogP contribution is -2.20. The fourth-order valence-corrected chi connectivity index (χ4v) is 1.92. The van der Waals surface area contributed by atoms with E-state index >= 15 is 0 Å². The van der Waals surface area contributed by atoms with Gasteiger partial charge in [-0.1, -0.05) is 6.92 Å². The van der Waals surface area contributed by atoms with Crippen LogP contribution >= 0.6 is 0 Å². The second-order valence-corrected chi connectivity index (χ2v) is 3.96. The van der Waals surface area contributed by atoms with Crippen molar-refractivity contribution in [3.8, 4) is 0 Å². The number of aryl methyl sites for hydroxylation is 1. The molecular weight excluding hydrogens is 200 g/mol. The van der Waals surface area contributed by atoms with Crippen LogP contribution in [-0.4, -0.2) is 24.3 Å². The number of rotatable bonds is 8. The molecule has 92 valence electrons. The molecule has 0 aliphatic rings. The standard InChI is InChI=1S/C13H24N2O/c1-4-14-12(3)13-8-6-9-15(13)10-7-11-16-5-2/h6,8-9,12,14H,4-5,7,10-11H2,1-3H3. The van der Waals surface area contributed by atoms with Crippen LogP contribution in [0.5, 0.6) is 0 Å². The fourth-order valence-electron chi connectivity index (χ4n) is 1.92. The number of ether oxygens (including phenoxy) is 1. The van der Waals surface area contributed by atoms with Gasteiger partial charge in [-0.05, 0) is 38.9 Å². The van der Waals surface area contributed by atoms with Crippen molar-refractivity contribution in [3.05, 3.63) is 24.0 Å². The first-order valence-corrected chi connectivity index (χ1v) is 6.25. The van der Waals surface area contributed by atoms with Crippen LogP contribution in [0.4, 0.5) is 0 Å². The summed E-state index contributed by atoms with van der Waals surface area (Å²) in [6.45, 7) is 10.1. The van der Waals surface area contributed by atoms with E-state index in [-0.39, 0.29) is 0 Å². The van der Waals surface area contributed by atoms with Gasteiger partial charge >= 0.3 is 0 Å². The number of aromatic nitrogens is 1. The van der Waals surface area contributed by atoms with Crippen LogP contribution < -0.4 is 5.32 Å². The van der Waals surface area contributed by atoms with Gasteiger partial charge in [-0.25, -0.2) is 0 Å². The Hall–Kier alpha value is -0.800. The van der Waals surface area contributed by atoms with Crippen molar-refractivity contribution in [1.82, 2.24) is 9.88 Å². The molecule has 1 rings (SSSR count). The zero-order valence-corrected chi connectivity index (χ0v) is 10.7. The molecule has 0 amide bonds. The van der Waals surface area contributed by atoms with E-state index in [1.165, 1.54) is 5.69 Å². The molecule has 3 nitrogen and oxygen atoms in total. The maximum atomic E-state index is 5.35. The summed E-state index contributed by atoms with van der Waals surface area (Å²) in [7, 11) is 0. The normalized spacial score (nSPS) is 12.9. The first-order chi connectivity index (χ1) is 7.79. The molecule has 0 spiro atoms. The average Bonchev–Trinajstić information content (AvgIpc) is 2.73. The average molecular weight is 224 g/mol. The molecule has 1 aromatic rings. The van der Waals surface area contributed by atoms with Gasteiger partial charge in [0.1, 0.15) is 0 Å². The van der Waals surface area contributed by atoms with Crippen molar-refractivity contribution in [3.63, 3.8) is 0 Å². The molecule has 16 heavy (non-hydrogen) atoms. The predicted molar refractivity (Wildman–Crippen MR) is 67.6 cm³/mol. The van der Waals surface area contributed by atoms with E-state index in [1.54, 1.807) is 0 Å². The van der Waals surface area contributed by atoms with Crippen molar-refractivity contribution in [1.29, 1.82) is 0 Å². The molecule has 0 fully saturated rings. The molecule has 3 heteroatoms. The molecule has 0 aliphatic heterocycles. The Bertz CT molecular complexity index is 283. The molecule has 0 saturated carbocycles. The molecule has 1 unspecified atom stereocenters. The third kappa shape index (κ3) is 3.99. The van der Waals surface area contributed by atoms with Crippen LogP contribution in [0.25, 0.3) is 0 Å². The minimum atomic E-state index is 0.423. The highest BCUT2D eigenvalue weighted by atomic mass is 16.5. The summed E-state index contributed by atoms with van der Waals surface area (Å²) in [4.78, 5) is 0. The Morgan fingerprint density at radius 2 is 2.25 bits per heavy atom. The largest absolute Gasteiger partial charge is 0.382 e. The summed E-state index contributed by atoms with van der Waals surface area (Å²) < 4.78 is 7.66. The summed E-state index contributed by atoms with van der Waals surface area (Å²) in [6.07, 6.45) is 3.23. The maximum absolute atomic E-state index is 5.35. The molecule has 0 aromatic carbocycles. The first-order valence-electron chi connectivity index (χ1n) is 6.25. The fraction of sp³-hybridized carbons (Fsp3) is 0.692. The highest BCUT2D eigenvalue weighted by molar-refractivity contribution is 5.11. The minimum absolute atomic E-state index is 0.423. The minimum Gasteiger partial charge on any atom is -0.382 e. The van der Waals surface area contributed by atoms with Gasteiger partial charge in [-0.2, -0.15) is 0 Å². The van der Waals surface area contributed by atoms with Crippen LogP contribution in [0.2, 0.25) is 0 Å². The van der Waals surface area contributed by atoms with Crippen LogP contribution in [0.1, 0.15) is 38.9 Å². The summed E-state index contributed by atoms with van der Waals surface area (Å²) in [5.74, 6) is 0. The van der Waals surface area contributed by atoms with Crippen molar-refractivity contribution in [2.45, 2.75) is 39.8 Å². The van der Waals surface area contributed by atoms with E-state index < -0.39 is 0 Å². The summed E-state index contributed by atoms with van der Waals surface area (Å²) in [6, 6.07) is 4.73. The van der Waals surface area contributed by atoms with Crippen molar-refractivity contribution < 1.29 is 4.74 Å². The maximum Gasteiger partial charge on any atom is 0.0482 e. The van der Waals surface area contributed by atoms with E-state index in [9.17, 15) is 0 Å². The quantitative estimate of drug-likeness (QED) is 0.687. The Morgan fingerprint density at radius 3 is 2.94 bits per heavy atom. The van der Waals surface area contributed by atoms with Gasteiger partial charge in [0.2, 0.25) is 0 Å². The summed E-state index contributed by atoms with van der Waals surface area (Å²) in [5.41, 5.74) is 1.36. The Labute approximate surface area is 98.8 Å². The molecule has 1 atom stereocenters. The first kappa shape index (κ1) is 13.3. The van der Waals surface area contributed by atoms with E-state index in [0.29, 0.717) is 6.04 Å². The Balaban J connectivity index is 2.43. The molecular formula is C13H24N2O. The second kappa shape index (κ2) is 7.47. The van der Waals surface area contributed by atoms with Gasteiger partial charge in [0.15, 0.2) is 0 Å². The lowest BCUT2D eigenvalue weighted by molar-refractivity contribution is 0.141. The molecule has 0 bridgehead atoms. The summed E-state index contributed by atoms with van der Waals surface area (Å²) >= 11 is 0. The third-order valence-corrected chi connectivity index (χ3v) is 2.71. The number of nitrogens with zero attached hydrogens (tertiary/aromatic N) is 1. The zero-order chi connectivity index (χ0) is 11.8. The van der Waals surface area contributed by atoms with Gasteiger partial charge in [0.25, 0.3) is 0 Å². The Morgan fingerprint density at radius 1 is 1.44 bits per heavy atom. The Kier molecular flexibility index (Phi) is 6.19. The molecule has 0 aliphatic carbocycles. The number of nitrogens with one attached hydrogen (secondary N) is 1. The van der Waals surface area contributed by atoms with Crippen LogP contribution in [0, 0.1) is 0 Å². The lowest BCUT2D eigenvalue weighted by atomic mass is 10.2. The predicted octanol–water partition coefficient (Wildman–Crippen LogP) is 2.59.